The average Bonchev–Trinajstić information content (AvgIpc) is 3.03. The van der Waals surface area contributed by atoms with Gasteiger partial charge in [-0.25, -0.2) is 0 Å². The van der Waals surface area contributed by atoms with E-state index in [0.717, 1.165) is 50.5 Å². The first-order valence-electron chi connectivity index (χ1n) is 10.4. The molecule has 2 aliphatic rings. The van der Waals surface area contributed by atoms with Gasteiger partial charge in [0, 0.05) is 5.56 Å². The summed E-state index contributed by atoms with van der Waals surface area (Å²) in [4.78, 5) is 0. The Labute approximate surface area is 171 Å². The second-order valence-corrected chi connectivity index (χ2v) is 7.56. The molecular formula is C23H30F2O4. The van der Waals surface area contributed by atoms with Gasteiger partial charge in [-0.15, -0.1) is 8.78 Å². The summed E-state index contributed by atoms with van der Waals surface area (Å²) in [5.41, 5.74) is 0.796. The Hall–Kier alpha value is -2.24. The van der Waals surface area contributed by atoms with Gasteiger partial charge in [0.05, 0.1) is 19.5 Å². The molecular weight excluding hydrogens is 378 g/mol. The molecule has 0 bridgehead atoms. The van der Waals surface area contributed by atoms with Crippen LogP contribution in [0.15, 0.2) is 37.1 Å². The van der Waals surface area contributed by atoms with E-state index in [2.05, 4.69) is 18.7 Å². The number of hydrogen-bond acceptors (Lipinski definition) is 4. The van der Waals surface area contributed by atoms with Crippen molar-refractivity contribution in [3.05, 3.63) is 42.7 Å². The molecule has 160 valence electrons. The standard InChI is InChI=1S/C23H30F2O4/c1-3-8-17-9-11-18(12-10-17)19-13-14-20(22-21(19)28-23(24,25)29-22)27-16-7-5-6-15-26-4-2/h3-4,8,13-14,17-18H,2,5-7,9-12,15-16H2,1H3/b8-3+. The molecule has 1 aromatic carbocycles. The van der Waals surface area contributed by atoms with Gasteiger partial charge in [-0.2, -0.15) is 0 Å². The Balaban J connectivity index is 1.64. The molecule has 1 saturated carbocycles. The average molecular weight is 408 g/mol. The van der Waals surface area contributed by atoms with Crippen LogP contribution in [0.5, 0.6) is 17.2 Å². The van der Waals surface area contributed by atoms with Crippen LogP contribution in [0.2, 0.25) is 0 Å². The molecule has 0 spiro atoms. The normalized spacial score (nSPS) is 22.6. The van der Waals surface area contributed by atoms with Crippen LogP contribution in [-0.4, -0.2) is 19.5 Å². The van der Waals surface area contributed by atoms with Crippen molar-refractivity contribution in [3.8, 4) is 17.2 Å². The summed E-state index contributed by atoms with van der Waals surface area (Å²) >= 11 is 0. The summed E-state index contributed by atoms with van der Waals surface area (Å²) in [5, 5.41) is 0. The van der Waals surface area contributed by atoms with Crippen LogP contribution in [0.1, 0.15) is 63.4 Å². The Morgan fingerprint density at radius 2 is 1.79 bits per heavy atom. The quantitative estimate of drug-likeness (QED) is 0.249. The second kappa shape index (κ2) is 9.99. The Bertz CT molecular complexity index is 709. The van der Waals surface area contributed by atoms with Crippen LogP contribution >= 0.6 is 0 Å². The predicted molar refractivity (Wildman–Crippen MR) is 108 cm³/mol. The fourth-order valence-electron chi connectivity index (χ4n) is 4.08. The number of unbranched alkanes of at least 4 members (excludes halogenated alkanes) is 2. The highest BCUT2D eigenvalue weighted by Crippen LogP contribution is 2.53. The number of rotatable bonds is 10. The molecule has 1 aromatic rings. The maximum atomic E-state index is 13.9. The van der Waals surface area contributed by atoms with Crippen LogP contribution in [0.25, 0.3) is 0 Å². The smallest absolute Gasteiger partial charge is 0.502 e. The molecule has 0 atom stereocenters. The highest BCUT2D eigenvalue weighted by molar-refractivity contribution is 5.58. The van der Waals surface area contributed by atoms with Gasteiger partial charge in [0.2, 0.25) is 5.75 Å². The van der Waals surface area contributed by atoms with Crippen LogP contribution in [0.3, 0.4) is 0 Å². The maximum absolute atomic E-state index is 13.9. The molecule has 3 rings (SSSR count). The van der Waals surface area contributed by atoms with Crippen molar-refractivity contribution in [2.75, 3.05) is 13.2 Å². The van der Waals surface area contributed by atoms with Gasteiger partial charge >= 0.3 is 6.29 Å². The lowest BCUT2D eigenvalue weighted by atomic mass is 9.78. The van der Waals surface area contributed by atoms with E-state index >= 15 is 0 Å². The molecule has 29 heavy (non-hydrogen) atoms. The molecule has 0 amide bonds. The minimum Gasteiger partial charge on any atom is -0.502 e. The van der Waals surface area contributed by atoms with Gasteiger partial charge in [0.15, 0.2) is 11.5 Å². The van der Waals surface area contributed by atoms with E-state index in [4.69, 9.17) is 18.9 Å². The number of fused-ring (bicyclic) bond motifs is 1. The Morgan fingerprint density at radius 1 is 1.07 bits per heavy atom. The van der Waals surface area contributed by atoms with Gasteiger partial charge in [0.25, 0.3) is 0 Å². The molecule has 1 fully saturated rings. The van der Waals surface area contributed by atoms with Crippen molar-refractivity contribution in [3.63, 3.8) is 0 Å². The maximum Gasteiger partial charge on any atom is 0.586 e. The zero-order chi connectivity index (χ0) is 20.7. The van der Waals surface area contributed by atoms with Gasteiger partial charge in [-0.3, -0.25) is 0 Å². The summed E-state index contributed by atoms with van der Waals surface area (Å²) in [6.45, 7) is 6.56. The lowest BCUT2D eigenvalue weighted by Gasteiger charge is -2.27. The Morgan fingerprint density at radius 3 is 2.52 bits per heavy atom. The van der Waals surface area contributed by atoms with Crippen molar-refractivity contribution in [2.45, 2.75) is 64.1 Å². The summed E-state index contributed by atoms with van der Waals surface area (Å²) < 4.78 is 48.2. The first-order chi connectivity index (χ1) is 14.0. The van der Waals surface area contributed by atoms with Crippen molar-refractivity contribution < 1.29 is 27.7 Å². The van der Waals surface area contributed by atoms with E-state index in [9.17, 15) is 8.78 Å². The van der Waals surface area contributed by atoms with E-state index in [0.29, 0.717) is 24.9 Å². The molecule has 0 saturated heterocycles. The van der Waals surface area contributed by atoms with Crippen molar-refractivity contribution >= 4 is 0 Å². The predicted octanol–water partition coefficient (Wildman–Crippen LogP) is 6.57. The van der Waals surface area contributed by atoms with Gasteiger partial charge < -0.3 is 18.9 Å². The minimum absolute atomic E-state index is 0.0260. The number of alkyl halides is 2. The lowest BCUT2D eigenvalue weighted by molar-refractivity contribution is -0.287. The minimum atomic E-state index is -3.65. The highest BCUT2D eigenvalue weighted by Gasteiger charge is 2.47. The van der Waals surface area contributed by atoms with Gasteiger partial charge in [-0.1, -0.05) is 24.8 Å². The molecule has 0 N–H and O–H groups in total. The number of allylic oxidation sites excluding steroid dienone is 2. The highest BCUT2D eigenvalue weighted by atomic mass is 19.3. The molecule has 1 aliphatic heterocycles. The summed E-state index contributed by atoms with van der Waals surface area (Å²) in [7, 11) is 0. The first-order valence-corrected chi connectivity index (χ1v) is 10.4. The van der Waals surface area contributed by atoms with Gasteiger partial charge in [0.1, 0.15) is 0 Å². The second-order valence-electron chi connectivity index (χ2n) is 7.56. The first kappa shape index (κ1) is 21.5. The van der Waals surface area contributed by atoms with Crippen LogP contribution < -0.4 is 14.2 Å². The Kier molecular flexibility index (Phi) is 7.40. The monoisotopic (exact) mass is 408 g/mol. The number of benzene rings is 1. The van der Waals surface area contributed by atoms with Crippen molar-refractivity contribution in [1.82, 2.24) is 0 Å². The zero-order valence-corrected chi connectivity index (χ0v) is 17.0. The van der Waals surface area contributed by atoms with Crippen molar-refractivity contribution in [1.29, 1.82) is 0 Å². The van der Waals surface area contributed by atoms with Crippen LogP contribution in [0.4, 0.5) is 8.78 Å². The number of halogens is 2. The SMILES string of the molecule is C=COCCCCCOc1ccc(C2CCC(/C=C/C)CC2)c2c1OC(F)(F)O2. The number of hydrogen-bond donors (Lipinski definition) is 0. The summed E-state index contributed by atoms with van der Waals surface area (Å²) in [5.74, 6) is 1.24. The topological polar surface area (TPSA) is 36.9 Å². The third-order valence-electron chi connectivity index (χ3n) is 5.51. The van der Waals surface area contributed by atoms with Gasteiger partial charge in [-0.05, 0) is 69.8 Å². The fraction of sp³-hybridized carbons (Fsp3) is 0.565. The molecule has 6 heteroatoms. The van der Waals surface area contributed by atoms with E-state index in [-0.39, 0.29) is 17.4 Å². The van der Waals surface area contributed by atoms with Crippen LogP contribution in [-0.2, 0) is 4.74 Å². The van der Waals surface area contributed by atoms with E-state index in [1.807, 2.05) is 13.0 Å². The van der Waals surface area contributed by atoms with E-state index in [1.165, 1.54) is 6.26 Å². The van der Waals surface area contributed by atoms with Crippen molar-refractivity contribution in [2.24, 2.45) is 5.92 Å². The molecule has 1 heterocycles. The molecule has 0 radical (unpaired) electrons. The summed E-state index contributed by atoms with van der Waals surface area (Å²) in [6.07, 6.45) is 8.68. The van der Waals surface area contributed by atoms with E-state index < -0.39 is 6.29 Å². The molecule has 1 aliphatic carbocycles. The zero-order valence-electron chi connectivity index (χ0n) is 17.0. The third-order valence-corrected chi connectivity index (χ3v) is 5.51. The lowest BCUT2D eigenvalue weighted by Crippen LogP contribution is -2.26. The molecule has 4 nitrogen and oxygen atoms in total. The fourth-order valence-corrected chi connectivity index (χ4v) is 4.08. The molecule has 0 aromatic heterocycles. The third kappa shape index (κ3) is 5.64. The summed E-state index contributed by atoms with van der Waals surface area (Å²) in [6, 6.07) is 3.59. The van der Waals surface area contributed by atoms with E-state index in [1.54, 1.807) is 6.07 Å². The largest absolute Gasteiger partial charge is 0.586 e. The molecule has 0 unspecified atom stereocenters. The number of ether oxygens (including phenoxy) is 4. The van der Waals surface area contributed by atoms with Crippen LogP contribution in [0, 0.1) is 5.92 Å².